The lowest BCUT2D eigenvalue weighted by Gasteiger charge is -2.29. The monoisotopic (exact) mass is 285 g/mol. The van der Waals surface area contributed by atoms with Crippen LogP contribution in [0.1, 0.15) is 51.4 Å². The van der Waals surface area contributed by atoms with E-state index in [0.717, 1.165) is 16.9 Å². The second-order valence-corrected chi connectivity index (χ2v) is 5.91. The number of nitrogens with one attached hydrogen (secondary N) is 1. The van der Waals surface area contributed by atoms with Crippen LogP contribution >= 0.6 is 15.9 Å². The molecule has 0 amide bonds. The molecule has 4 heteroatoms. The zero-order chi connectivity index (χ0) is 11.7. The molecule has 0 saturated carbocycles. The topological polar surface area (TPSA) is 29.9 Å². The fourth-order valence-corrected chi connectivity index (χ4v) is 2.95. The summed E-state index contributed by atoms with van der Waals surface area (Å²) in [6.07, 6.45) is 4.40. The Morgan fingerprint density at radius 3 is 2.94 bits per heavy atom. The number of halogens is 1. The number of nitrogens with zero attached hydrogens (tertiary/aromatic N) is 2. The molecule has 2 unspecified atom stereocenters. The average Bonchev–Trinajstić information content (AvgIpc) is 2.60. The van der Waals surface area contributed by atoms with Gasteiger partial charge in [0.05, 0.1) is 22.4 Å². The molecule has 1 saturated heterocycles. The highest BCUT2D eigenvalue weighted by Gasteiger charge is 2.25. The van der Waals surface area contributed by atoms with E-state index in [1.54, 1.807) is 0 Å². The first-order valence-corrected chi connectivity index (χ1v) is 6.85. The fourth-order valence-electron chi connectivity index (χ4n) is 2.40. The van der Waals surface area contributed by atoms with Crippen LogP contribution in [0.4, 0.5) is 0 Å². The number of piperidine rings is 1. The van der Waals surface area contributed by atoms with E-state index in [-0.39, 0.29) is 0 Å². The van der Waals surface area contributed by atoms with Crippen LogP contribution in [-0.4, -0.2) is 16.3 Å². The van der Waals surface area contributed by atoms with Crippen LogP contribution in [0.5, 0.6) is 0 Å². The molecule has 16 heavy (non-hydrogen) atoms. The van der Waals surface area contributed by atoms with Crippen molar-refractivity contribution in [2.75, 3.05) is 6.54 Å². The molecular weight excluding hydrogens is 266 g/mol. The Balaban J connectivity index is 2.27. The molecule has 2 rings (SSSR count). The first-order valence-electron chi connectivity index (χ1n) is 6.06. The van der Waals surface area contributed by atoms with Crippen molar-refractivity contribution in [2.24, 2.45) is 5.92 Å². The fraction of sp³-hybridized carbons (Fsp3) is 0.750. The number of rotatable bonds is 2. The number of aromatic nitrogens is 2. The second-order valence-electron chi connectivity index (χ2n) is 5.05. The highest BCUT2D eigenvalue weighted by atomic mass is 79.9. The van der Waals surface area contributed by atoms with Crippen LogP contribution in [0.2, 0.25) is 0 Å². The van der Waals surface area contributed by atoms with Crippen molar-refractivity contribution in [3.05, 3.63) is 16.4 Å². The van der Waals surface area contributed by atoms with Gasteiger partial charge in [-0.05, 0) is 55.1 Å². The van der Waals surface area contributed by atoms with E-state index >= 15 is 0 Å². The van der Waals surface area contributed by atoms with Gasteiger partial charge in [0.15, 0.2) is 0 Å². The molecule has 0 radical (unpaired) electrons. The molecule has 1 aliphatic heterocycles. The summed E-state index contributed by atoms with van der Waals surface area (Å²) < 4.78 is 3.26. The van der Waals surface area contributed by atoms with Gasteiger partial charge < -0.3 is 5.32 Å². The third-order valence-corrected chi connectivity index (χ3v) is 3.88. The molecule has 1 aliphatic rings. The third kappa shape index (κ3) is 2.33. The van der Waals surface area contributed by atoms with Crippen LogP contribution in [0.15, 0.2) is 10.7 Å². The van der Waals surface area contributed by atoms with E-state index in [2.05, 4.69) is 51.8 Å². The maximum absolute atomic E-state index is 4.45. The lowest BCUT2D eigenvalue weighted by molar-refractivity contribution is 0.306. The summed E-state index contributed by atoms with van der Waals surface area (Å²) in [5.74, 6) is 0.800. The summed E-state index contributed by atoms with van der Waals surface area (Å²) in [4.78, 5) is 0. The molecule has 1 fully saturated rings. The van der Waals surface area contributed by atoms with Crippen LogP contribution in [0.25, 0.3) is 0 Å². The average molecular weight is 286 g/mol. The largest absolute Gasteiger partial charge is 0.309 e. The summed E-state index contributed by atoms with van der Waals surface area (Å²) in [6.45, 7) is 7.80. The van der Waals surface area contributed by atoms with Crippen molar-refractivity contribution >= 4 is 15.9 Å². The predicted octanol–water partition coefficient (Wildman–Crippen LogP) is 3.29. The van der Waals surface area contributed by atoms with Gasteiger partial charge in [-0.2, -0.15) is 5.10 Å². The zero-order valence-electron chi connectivity index (χ0n) is 10.2. The molecule has 3 nitrogen and oxygen atoms in total. The SMILES string of the molecule is CC1CCNC(c2c(Br)cnn2C(C)C)C1. The summed E-state index contributed by atoms with van der Waals surface area (Å²) in [5, 5.41) is 8.04. The normalized spacial score (nSPS) is 26.3. The highest BCUT2D eigenvalue weighted by Crippen LogP contribution is 2.32. The van der Waals surface area contributed by atoms with Crippen molar-refractivity contribution < 1.29 is 0 Å². The minimum absolute atomic E-state index is 0.417. The summed E-state index contributed by atoms with van der Waals surface area (Å²) in [5.41, 5.74) is 1.31. The first kappa shape index (κ1) is 12.1. The van der Waals surface area contributed by atoms with E-state index in [0.29, 0.717) is 12.1 Å². The molecule has 90 valence electrons. The smallest absolute Gasteiger partial charge is 0.0698 e. The van der Waals surface area contributed by atoms with E-state index in [1.165, 1.54) is 18.5 Å². The van der Waals surface area contributed by atoms with Crippen LogP contribution in [0, 0.1) is 5.92 Å². The Bertz CT molecular complexity index is 359. The van der Waals surface area contributed by atoms with Gasteiger partial charge in [0.25, 0.3) is 0 Å². The maximum Gasteiger partial charge on any atom is 0.0698 e. The van der Waals surface area contributed by atoms with E-state index in [4.69, 9.17) is 0 Å². The Hall–Kier alpha value is -0.350. The first-order chi connectivity index (χ1) is 7.59. The number of hydrogen-bond acceptors (Lipinski definition) is 2. The van der Waals surface area contributed by atoms with Gasteiger partial charge in [-0.15, -0.1) is 0 Å². The molecule has 0 aromatic carbocycles. The summed E-state index contributed by atoms with van der Waals surface area (Å²) >= 11 is 3.62. The Morgan fingerprint density at radius 2 is 2.31 bits per heavy atom. The van der Waals surface area contributed by atoms with Crippen molar-refractivity contribution in [3.63, 3.8) is 0 Å². The van der Waals surface area contributed by atoms with Gasteiger partial charge in [-0.1, -0.05) is 6.92 Å². The molecular formula is C12H20BrN3. The van der Waals surface area contributed by atoms with Gasteiger partial charge in [-0.3, -0.25) is 4.68 Å². The molecule has 2 atom stereocenters. The van der Waals surface area contributed by atoms with Crippen LogP contribution in [0.3, 0.4) is 0 Å². The Morgan fingerprint density at radius 1 is 1.56 bits per heavy atom. The van der Waals surface area contributed by atoms with Crippen molar-refractivity contribution in [2.45, 2.75) is 45.7 Å². The van der Waals surface area contributed by atoms with E-state index in [9.17, 15) is 0 Å². The third-order valence-electron chi connectivity index (χ3n) is 3.27. The van der Waals surface area contributed by atoms with Crippen molar-refractivity contribution in [1.29, 1.82) is 0 Å². The van der Waals surface area contributed by atoms with E-state index in [1.807, 2.05) is 6.20 Å². The maximum atomic E-state index is 4.45. The number of hydrogen-bond donors (Lipinski definition) is 1. The minimum Gasteiger partial charge on any atom is -0.309 e. The zero-order valence-corrected chi connectivity index (χ0v) is 11.8. The van der Waals surface area contributed by atoms with Gasteiger partial charge in [-0.25, -0.2) is 0 Å². The van der Waals surface area contributed by atoms with Gasteiger partial charge in [0.1, 0.15) is 0 Å². The Labute approximate surface area is 106 Å². The molecule has 1 N–H and O–H groups in total. The molecule has 0 spiro atoms. The molecule has 1 aromatic rings. The Kier molecular flexibility index (Phi) is 3.70. The van der Waals surface area contributed by atoms with Gasteiger partial charge in [0, 0.05) is 6.04 Å². The molecule has 1 aromatic heterocycles. The van der Waals surface area contributed by atoms with Gasteiger partial charge in [0.2, 0.25) is 0 Å². The highest BCUT2D eigenvalue weighted by molar-refractivity contribution is 9.10. The predicted molar refractivity (Wildman–Crippen MR) is 69.5 cm³/mol. The molecule has 0 bridgehead atoms. The molecule has 0 aliphatic carbocycles. The molecule has 2 heterocycles. The van der Waals surface area contributed by atoms with E-state index < -0.39 is 0 Å². The lowest BCUT2D eigenvalue weighted by Crippen LogP contribution is -2.32. The van der Waals surface area contributed by atoms with Crippen molar-refractivity contribution in [1.82, 2.24) is 15.1 Å². The summed E-state index contributed by atoms with van der Waals surface area (Å²) in [6, 6.07) is 0.864. The quantitative estimate of drug-likeness (QED) is 0.904. The lowest BCUT2D eigenvalue weighted by atomic mass is 9.92. The van der Waals surface area contributed by atoms with Crippen LogP contribution < -0.4 is 5.32 Å². The van der Waals surface area contributed by atoms with Crippen LogP contribution in [-0.2, 0) is 0 Å². The van der Waals surface area contributed by atoms with Gasteiger partial charge >= 0.3 is 0 Å². The summed E-state index contributed by atoms with van der Waals surface area (Å²) in [7, 11) is 0. The minimum atomic E-state index is 0.417. The standard InChI is InChI=1S/C12H20BrN3/c1-8(2)16-12(10(13)7-15-16)11-6-9(3)4-5-14-11/h7-9,11,14H,4-6H2,1-3H3. The second kappa shape index (κ2) is 4.88. The van der Waals surface area contributed by atoms with Crippen molar-refractivity contribution in [3.8, 4) is 0 Å².